The molecule has 0 aromatic carbocycles. The number of hydrogen-bond acceptors (Lipinski definition) is 2. The fourth-order valence-corrected chi connectivity index (χ4v) is 0.782. The average Bonchev–Trinajstić information content (AvgIpc) is 2.46. The summed E-state index contributed by atoms with van der Waals surface area (Å²) in [4.78, 5) is 14.2. The topological polar surface area (TPSA) is 34.9 Å². The van der Waals surface area contributed by atoms with E-state index in [1.807, 2.05) is 0 Å². The Bertz CT molecular complexity index is 274. The Morgan fingerprint density at radius 1 is 1.55 bits per heavy atom. The molecular formula is C8H8N2O. The van der Waals surface area contributed by atoms with Crippen molar-refractivity contribution in [2.24, 2.45) is 0 Å². The van der Waals surface area contributed by atoms with Crippen LogP contribution >= 0.6 is 0 Å². The summed E-state index contributed by atoms with van der Waals surface area (Å²) in [5, 5.41) is 0. The van der Waals surface area contributed by atoms with Crippen molar-refractivity contribution in [3.63, 3.8) is 0 Å². The first-order chi connectivity index (χ1) is 5.31. The minimum atomic E-state index is 0.389. The lowest BCUT2D eigenvalue weighted by molar-refractivity contribution is 0.111. The zero-order valence-corrected chi connectivity index (χ0v) is 6.03. The molecule has 0 atom stereocenters. The molecule has 1 rings (SSSR count). The van der Waals surface area contributed by atoms with Crippen LogP contribution in [-0.2, 0) is 0 Å². The van der Waals surface area contributed by atoms with Crippen LogP contribution in [0.1, 0.15) is 16.3 Å². The van der Waals surface area contributed by atoms with E-state index in [-0.39, 0.29) is 0 Å². The van der Waals surface area contributed by atoms with Gasteiger partial charge in [0.15, 0.2) is 6.29 Å². The van der Waals surface area contributed by atoms with Gasteiger partial charge in [-0.05, 0) is 6.08 Å². The van der Waals surface area contributed by atoms with Crippen molar-refractivity contribution in [2.75, 3.05) is 0 Å². The van der Waals surface area contributed by atoms with Gasteiger partial charge >= 0.3 is 0 Å². The number of carbonyl (C=O) groups is 1. The van der Waals surface area contributed by atoms with Gasteiger partial charge in [0, 0.05) is 12.4 Å². The van der Waals surface area contributed by atoms with Gasteiger partial charge in [-0.3, -0.25) is 4.79 Å². The van der Waals surface area contributed by atoms with Crippen LogP contribution in [0.15, 0.2) is 19.4 Å². The number of rotatable bonds is 3. The first-order valence-corrected chi connectivity index (χ1v) is 3.11. The van der Waals surface area contributed by atoms with Gasteiger partial charge in [-0.2, -0.15) is 0 Å². The number of imidazole rings is 1. The summed E-state index contributed by atoms with van der Waals surface area (Å²) < 4.78 is 1.64. The van der Waals surface area contributed by atoms with E-state index in [2.05, 4.69) is 18.1 Å². The molecule has 56 valence electrons. The molecule has 1 aromatic heterocycles. The summed E-state index contributed by atoms with van der Waals surface area (Å²) in [5.41, 5.74) is 0.389. The van der Waals surface area contributed by atoms with Crippen molar-refractivity contribution >= 4 is 18.6 Å². The predicted molar refractivity (Wildman–Crippen MR) is 44.1 cm³/mol. The lowest BCUT2D eigenvalue weighted by atomic mass is 10.5. The van der Waals surface area contributed by atoms with Crippen molar-refractivity contribution in [3.8, 4) is 0 Å². The maximum atomic E-state index is 10.3. The van der Waals surface area contributed by atoms with E-state index in [9.17, 15) is 4.79 Å². The van der Waals surface area contributed by atoms with Crippen LogP contribution in [-0.4, -0.2) is 15.8 Å². The van der Waals surface area contributed by atoms with E-state index < -0.39 is 0 Å². The van der Waals surface area contributed by atoms with Gasteiger partial charge in [-0.15, -0.1) is 0 Å². The van der Waals surface area contributed by atoms with E-state index in [0.29, 0.717) is 17.8 Å². The standard InChI is InChI=1S/C8H8N2O/c1-3-8-9-7(6-11)5-10(8)4-2/h3-6H,1-2H2. The molecule has 3 nitrogen and oxygen atoms in total. The van der Waals surface area contributed by atoms with Crippen LogP contribution in [0.25, 0.3) is 12.3 Å². The molecule has 0 N–H and O–H groups in total. The fourth-order valence-electron chi connectivity index (χ4n) is 0.782. The van der Waals surface area contributed by atoms with Crippen molar-refractivity contribution in [2.45, 2.75) is 0 Å². The van der Waals surface area contributed by atoms with Gasteiger partial charge in [0.05, 0.1) is 0 Å². The largest absolute Gasteiger partial charge is 0.307 e. The molecule has 0 unspecified atom stereocenters. The maximum absolute atomic E-state index is 10.3. The highest BCUT2D eigenvalue weighted by atomic mass is 16.1. The first-order valence-electron chi connectivity index (χ1n) is 3.11. The van der Waals surface area contributed by atoms with Crippen LogP contribution in [0.3, 0.4) is 0 Å². The van der Waals surface area contributed by atoms with Gasteiger partial charge in [0.2, 0.25) is 0 Å². The molecule has 1 aromatic rings. The van der Waals surface area contributed by atoms with Crippen molar-refractivity contribution in [3.05, 3.63) is 30.9 Å². The van der Waals surface area contributed by atoms with Crippen molar-refractivity contribution in [1.29, 1.82) is 0 Å². The highest BCUT2D eigenvalue weighted by molar-refractivity contribution is 5.72. The zero-order valence-electron chi connectivity index (χ0n) is 6.03. The minimum absolute atomic E-state index is 0.389. The second kappa shape index (κ2) is 2.96. The smallest absolute Gasteiger partial charge is 0.170 e. The summed E-state index contributed by atoms with van der Waals surface area (Å²) in [6.45, 7) is 7.09. The molecule has 0 bridgehead atoms. The quantitative estimate of drug-likeness (QED) is 0.608. The van der Waals surface area contributed by atoms with E-state index >= 15 is 0 Å². The second-order valence-corrected chi connectivity index (χ2v) is 1.94. The van der Waals surface area contributed by atoms with E-state index in [1.165, 1.54) is 0 Å². The molecule has 0 aliphatic rings. The van der Waals surface area contributed by atoms with E-state index in [1.54, 1.807) is 23.0 Å². The molecule has 0 aliphatic heterocycles. The summed E-state index contributed by atoms with van der Waals surface area (Å²) in [7, 11) is 0. The normalized spacial score (nSPS) is 9.09. The van der Waals surface area contributed by atoms with Crippen LogP contribution in [0.2, 0.25) is 0 Å². The Balaban J connectivity index is 3.21. The van der Waals surface area contributed by atoms with Gasteiger partial charge in [0.1, 0.15) is 11.5 Å². The lowest BCUT2D eigenvalue weighted by Crippen LogP contribution is -1.85. The number of aldehydes is 1. The zero-order chi connectivity index (χ0) is 8.27. The summed E-state index contributed by atoms with van der Waals surface area (Å²) >= 11 is 0. The van der Waals surface area contributed by atoms with Crippen LogP contribution in [0.5, 0.6) is 0 Å². The van der Waals surface area contributed by atoms with Crippen LogP contribution in [0.4, 0.5) is 0 Å². The van der Waals surface area contributed by atoms with Crippen molar-refractivity contribution in [1.82, 2.24) is 9.55 Å². The molecule has 0 amide bonds. The third kappa shape index (κ3) is 1.26. The van der Waals surface area contributed by atoms with Crippen LogP contribution < -0.4 is 0 Å². The number of nitrogens with zero attached hydrogens (tertiary/aromatic N) is 2. The third-order valence-corrected chi connectivity index (χ3v) is 1.28. The van der Waals surface area contributed by atoms with E-state index in [0.717, 1.165) is 0 Å². The highest BCUT2D eigenvalue weighted by Gasteiger charge is 1.99. The summed E-state index contributed by atoms with van der Waals surface area (Å²) in [6, 6.07) is 0. The molecule has 11 heavy (non-hydrogen) atoms. The Hall–Kier alpha value is -1.64. The Kier molecular flexibility index (Phi) is 2.01. The van der Waals surface area contributed by atoms with Crippen LogP contribution in [0, 0.1) is 0 Å². The molecule has 0 saturated heterocycles. The first kappa shape index (κ1) is 7.47. The molecule has 0 fully saturated rings. The predicted octanol–water partition coefficient (Wildman–Crippen LogP) is 1.44. The maximum Gasteiger partial charge on any atom is 0.170 e. The van der Waals surface area contributed by atoms with Gasteiger partial charge in [-0.1, -0.05) is 13.2 Å². The lowest BCUT2D eigenvalue weighted by Gasteiger charge is -1.91. The molecule has 3 heteroatoms. The molecule has 1 heterocycles. The molecule has 0 saturated carbocycles. The number of hydrogen-bond donors (Lipinski definition) is 0. The Morgan fingerprint density at radius 3 is 2.64 bits per heavy atom. The number of aromatic nitrogens is 2. The molecule has 0 spiro atoms. The molecular weight excluding hydrogens is 140 g/mol. The molecule has 0 radical (unpaired) electrons. The average molecular weight is 148 g/mol. The monoisotopic (exact) mass is 148 g/mol. The highest BCUT2D eigenvalue weighted by Crippen LogP contribution is 2.02. The Labute approximate surface area is 64.7 Å². The van der Waals surface area contributed by atoms with E-state index in [4.69, 9.17) is 0 Å². The van der Waals surface area contributed by atoms with Gasteiger partial charge < -0.3 is 4.57 Å². The second-order valence-electron chi connectivity index (χ2n) is 1.94. The number of carbonyl (C=O) groups excluding carboxylic acids is 1. The molecule has 0 aliphatic carbocycles. The van der Waals surface area contributed by atoms with Gasteiger partial charge in [0.25, 0.3) is 0 Å². The summed E-state index contributed by atoms with van der Waals surface area (Å²) in [6.07, 6.45) is 5.41. The van der Waals surface area contributed by atoms with Crippen molar-refractivity contribution < 1.29 is 4.79 Å². The summed E-state index contributed by atoms with van der Waals surface area (Å²) in [5.74, 6) is 0.627. The minimum Gasteiger partial charge on any atom is -0.307 e. The fraction of sp³-hybridized carbons (Fsp3) is 0. The third-order valence-electron chi connectivity index (χ3n) is 1.28. The Morgan fingerprint density at radius 2 is 2.27 bits per heavy atom. The van der Waals surface area contributed by atoms with Gasteiger partial charge in [-0.25, -0.2) is 4.98 Å². The SMILES string of the molecule is C=Cc1nc(C=O)cn1C=C.